The smallest absolute Gasteiger partial charge is 0.0838 e. The fourth-order valence-corrected chi connectivity index (χ4v) is 2.92. The third-order valence-corrected chi connectivity index (χ3v) is 4.15. The van der Waals surface area contributed by atoms with Crippen LogP contribution in [0.1, 0.15) is 41.5 Å². The number of rotatable bonds is 4. The molecule has 0 aromatic heterocycles. The highest BCUT2D eigenvalue weighted by Crippen LogP contribution is 2.32. The Kier molecular flexibility index (Phi) is 5.12. The third-order valence-electron chi connectivity index (χ3n) is 3.43. The Balaban J connectivity index is 2.24. The Morgan fingerprint density at radius 2 is 1.65 bits per heavy atom. The first-order valence-corrected chi connectivity index (χ1v) is 7.77. The van der Waals surface area contributed by atoms with Crippen molar-refractivity contribution >= 4 is 23.2 Å². The summed E-state index contributed by atoms with van der Waals surface area (Å²) in [6, 6.07) is 14.5. The van der Waals surface area contributed by atoms with Crippen LogP contribution in [0.2, 0.25) is 5.02 Å². The van der Waals surface area contributed by atoms with Crippen molar-refractivity contribution in [1.82, 2.24) is 0 Å². The summed E-state index contributed by atoms with van der Waals surface area (Å²) in [6.07, 6.45) is 1.10. The maximum atomic E-state index is 6.61. The van der Waals surface area contributed by atoms with Crippen molar-refractivity contribution in [1.29, 1.82) is 0 Å². The van der Waals surface area contributed by atoms with Gasteiger partial charge in [0.15, 0.2) is 0 Å². The van der Waals surface area contributed by atoms with Gasteiger partial charge in [-0.15, -0.1) is 11.6 Å². The molecule has 0 fully saturated rings. The SMILES string of the molecule is Cc1ccc(Cl)cc1C(Cl)c1ccc(CC(C)C)cc1. The molecule has 2 aromatic carbocycles. The van der Waals surface area contributed by atoms with Crippen LogP contribution in [-0.2, 0) is 6.42 Å². The van der Waals surface area contributed by atoms with Crippen LogP contribution in [0.4, 0.5) is 0 Å². The summed E-state index contributed by atoms with van der Waals surface area (Å²) in [5.41, 5.74) is 4.72. The van der Waals surface area contributed by atoms with Crippen LogP contribution in [-0.4, -0.2) is 0 Å². The fourth-order valence-electron chi connectivity index (χ4n) is 2.36. The molecule has 0 amide bonds. The molecule has 0 aliphatic rings. The molecule has 106 valence electrons. The van der Waals surface area contributed by atoms with Crippen LogP contribution in [0.5, 0.6) is 0 Å². The minimum Gasteiger partial charge on any atom is -0.113 e. The van der Waals surface area contributed by atoms with Crippen molar-refractivity contribution in [2.75, 3.05) is 0 Å². The second-order valence-corrected chi connectivity index (χ2v) is 6.58. The van der Waals surface area contributed by atoms with Crippen molar-refractivity contribution in [3.63, 3.8) is 0 Å². The van der Waals surface area contributed by atoms with Gasteiger partial charge in [0.05, 0.1) is 5.38 Å². The van der Waals surface area contributed by atoms with Crippen molar-refractivity contribution in [3.8, 4) is 0 Å². The zero-order valence-corrected chi connectivity index (χ0v) is 13.7. The predicted molar refractivity (Wildman–Crippen MR) is 88.9 cm³/mol. The van der Waals surface area contributed by atoms with Gasteiger partial charge >= 0.3 is 0 Å². The molecule has 0 bridgehead atoms. The van der Waals surface area contributed by atoms with Gasteiger partial charge in [0, 0.05) is 5.02 Å². The van der Waals surface area contributed by atoms with Crippen LogP contribution in [0.3, 0.4) is 0 Å². The van der Waals surface area contributed by atoms with Crippen molar-refractivity contribution in [2.24, 2.45) is 5.92 Å². The topological polar surface area (TPSA) is 0 Å². The average Bonchev–Trinajstić information content (AvgIpc) is 2.41. The molecule has 0 aliphatic carbocycles. The number of aryl methyl sites for hydroxylation is 1. The molecule has 0 heterocycles. The summed E-state index contributed by atoms with van der Waals surface area (Å²) in [5, 5.41) is 0.578. The standard InChI is InChI=1S/C18H20Cl2/c1-12(2)10-14-5-7-15(8-6-14)18(20)17-11-16(19)9-4-13(17)3/h4-9,11-12,18H,10H2,1-3H3. The summed E-state index contributed by atoms with van der Waals surface area (Å²) < 4.78 is 0. The highest BCUT2D eigenvalue weighted by molar-refractivity contribution is 6.31. The summed E-state index contributed by atoms with van der Waals surface area (Å²) >= 11 is 12.7. The van der Waals surface area contributed by atoms with Crippen LogP contribution in [0.15, 0.2) is 42.5 Å². The molecule has 0 spiro atoms. The van der Waals surface area contributed by atoms with Gasteiger partial charge in [0.1, 0.15) is 0 Å². The van der Waals surface area contributed by atoms with E-state index in [0.717, 1.165) is 22.6 Å². The van der Waals surface area contributed by atoms with Gasteiger partial charge in [-0.3, -0.25) is 0 Å². The van der Waals surface area contributed by atoms with E-state index in [-0.39, 0.29) is 5.38 Å². The van der Waals surface area contributed by atoms with Crippen LogP contribution < -0.4 is 0 Å². The molecule has 0 aliphatic heterocycles. The molecule has 0 saturated carbocycles. The normalized spacial score (nSPS) is 12.7. The second-order valence-electron chi connectivity index (χ2n) is 5.70. The van der Waals surface area contributed by atoms with E-state index in [1.165, 1.54) is 11.1 Å². The van der Waals surface area contributed by atoms with Gasteiger partial charge in [-0.25, -0.2) is 0 Å². The minimum absolute atomic E-state index is 0.151. The molecule has 0 nitrogen and oxygen atoms in total. The monoisotopic (exact) mass is 306 g/mol. The molecule has 20 heavy (non-hydrogen) atoms. The lowest BCUT2D eigenvalue weighted by molar-refractivity contribution is 0.647. The molecule has 0 N–H and O–H groups in total. The van der Waals surface area contributed by atoms with E-state index in [4.69, 9.17) is 23.2 Å². The third kappa shape index (κ3) is 3.77. The Labute approximate surface area is 131 Å². The van der Waals surface area contributed by atoms with E-state index in [2.05, 4.69) is 45.0 Å². The molecular weight excluding hydrogens is 287 g/mol. The average molecular weight is 307 g/mol. The van der Waals surface area contributed by atoms with E-state index in [9.17, 15) is 0 Å². The van der Waals surface area contributed by atoms with Gasteiger partial charge in [0.2, 0.25) is 0 Å². The van der Waals surface area contributed by atoms with Gasteiger partial charge in [0.25, 0.3) is 0 Å². The molecule has 2 heteroatoms. The summed E-state index contributed by atoms with van der Waals surface area (Å²) in [7, 11) is 0. The lowest BCUT2D eigenvalue weighted by Gasteiger charge is -2.14. The Morgan fingerprint density at radius 1 is 1.00 bits per heavy atom. The maximum absolute atomic E-state index is 6.61. The predicted octanol–water partition coefficient (Wildman–Crippen LogP) is 6.18. The summed E-state index contributed by atoms with van der Waals surface area (Å²) in [4.78, 5) is 0. The first-order chi connectivity index (χ1) is 9.47. The Bertz CT molecular complexity index is 570. The number of hydrogen-bond acceptors (Lipinski definition) is 0. The highest BCUT2D eigenvalue weighted by atomic mass is 35.5. The van der Waals surface area contributed by atoms with E-state index >= 15 is 0 Å². The first kappa shape index (κ1) is 15.4. The van der Waals surface area contributed by atoms with E-state index in [0.29, 0.717) is 5.92 Å². The van der Waals surface area contributed by atoms with E-state index < -0.39 is 0 Å². The zero-order valence-electron chi connectivity index (χ0n) is 12.2. The van der Waals surface area contributed by atoms with Crippen LogP contribution in [0, 0.1) is 12.8 Å². The molecule has 0 saturated heterocycles. The number of halogens is 2. The van der Waals surface area contributed by atoms with Gasteiger partial charge in [-0.1, -0.05) is 55.8 Å². The molecule has 0 radical (unpaired) electrons. The van der Waals surface area contributed by atoms with Crippen molar-refractivity contribution in [3.05, 3.63) is 69.7 Å². The van der Waals surface area contributed by atoms with Gasteiger partial charge in [-0.05, 0) is 53.6 Å². The van der Waals surface area contributed by atoms with Gasteiger partial charge < -0.3 is 0 Å². The Hall–Kier alpha value is -0.980. The molecule has 2 rings (SSSR count). The second kappa shape index (κ2) is 6.65. The van der Waals surface area contributed by atoms with Crippen molar-refractivity contribution in [2.45, 2.75) is 32.6 Å². The number of benzene rings is 2. The fraction of sp³-hybridized carbons (Fsp3) is 0.333. The van der Waals surface area contributed by atoms with E-state index in [1.807, 2.05) is 18.2 Å². The van der Waals surface area contributed by atoms with E-state index in [1.54, 1.807) is 0 Å². The molecule has 2 aromatic rings. The van der Waals surface area contributed by atoms with Crippen molar-refractivity contribution < 1.29 is 0 Å². The lowest BCUT2D eigenvalue weighted by atomic mass is 9.97. The number of hydrogen-bond donors (Lipinski definition) is 0. The largest absolute Gasteiger partial charge is 0.113 e. The molecular formula is C18H20Cl2. The molecule has 1 unspecified atom stereocenters. The quantitative estimate of drug-likeness (QED) is 0.592. The maximum Gasteiger partial charge on any atom is 0.0838 e. The highest BCUT2D eigenvalue weighted by Gasteiger charge is 2.13. The minimum atomic E-state index is -0.151. The summed E-state index contributed by atoms with van der Waals surface area (Å²) in [6.45, 7) is 6.52. The van der Waals surface area contributed by atoms with Crippen LogP contribution in [0.25, 0.3) is 0 Å². The first-order valence-electron chi connectivity index (χ1n) is 6.96. The Morgan fingerprint density at radius 3 is 2.25 bits per heavy atom. The molecule has 1 atom stereocenters. The summed E-state index contributed by atoms with van der Waals surface area (Å²) in [5.74, 6) is 0.669. The van der Waals surface area contributed by atoms with Gasteiger partial charge in [-0.2, -0.15) is 0 Å². The van der Waals surface area contributed by atoms with Crippen LogP contribution >= 0.6 is 23.2 Å². The lowest BCUT2D eigenvalue weighted by Crippen LogP contribution is -1.98. The zero-order chi connectivity index (χ0) is 14.7. The number of alkyl halides is 1.